The zero-order chi connectivity index (χ0) is 12.6. The number of ether oxygens (including phenoxy) is 1. The third-order valence-corrected chi connectivity index (χ3v) is 4.61. The zero-order valence-electron chi connectivity index (χ0n) is 11.1. The molecule has 0 aromatic heterocycles. The van der Waals surface area contributed by atoms with E-state index in [1.54, 1.807) is 0 Å². The first kappa shape index (κ1) is 12.9. The highest BCUT2D eigenvalue weighted by Crippen LogP contribution is 2.55. The van der Waals surface area contributed by atoms with E-state index >= 15 is 0 Å². The van der Waals surface area contributed by atoms with E-state index in [1.165, 1.54) is 6.42 Å². The monoisotopic (exact) mass is 240 g/mol. The van der Waals surface area contributed by atoms with E-state index in [0.717, 1.165) is 19.3 Å². The molecule has 1 N–H and O–H groups in total. The third kappa shape index (κ3) is 2.10. The van der Waals surface area contributed by atoms with E-state index in [-0.39, 0.29) is 17.8 Å². The van der Waals surface area contributed by atoms with Crippen LogP contribution in [0.3, 0.4) is 0 Å². The number of hydrogen-bond donors (Lipinski definition) is 1. The molecule has 0 heterocycles. The summed E-state index contributed by atoms with van der Waals surface area (Å²) in [5.41, 5.74) is -0.802. The largest absolute Gasteiger partial charge is 0.466 e. The Balaban J connectivity index is 2.18. The van der Waals surface area contributed by atoms with Gasteiger partial charge in [0, 0.05) is 0 Å². The van der Waals surface area contributed by atoms with Crippen molar-refractivity contribution < 1.29 is 14.6 Å². The summed E-state index contributed by atoms with van der Waals surface area (Å²) in [6.07, 6.45) is 4.18. The Labute approximate surface area is 104 Å². The average molecular weight is 240 g/mol. The normalized spacial score (nSPS) is 37.5. The van der Waals surface area contributed by atoms with Gasteiger partial charge in [0.25, 0.3) is 0 Å². The van der Waals surface area contributed by atoms with Gasteiger partial charge in [0.2, 0.25) is 0 Å². The van der Waals surface area contributed by atoms with E-state index in [0.29, 0.717) is 18.4 Å². The lowest BCUT2D eigenvalue weighted by Gasteiger charge is -2.40. The predicted molar refractivity (Wildman–Crippen MR) is 65.4 cm³/mol. The van der Waals surface area contributed by atoms with E-state index in [1.807, 2.05) is 20.8 Å². The van der Waals surface area contributed by atoms with E-state index in [4.69, 9.17) is 4.74 Å². The maximum Gasteiger partial charge on any atom is 0.312 e. The fourth-order valence-electron chi connectivity index (χ4n) is 4.01. The van der Waals surface area contributed by atoms with Crippen molar-refractivity contribution in [1.29, 1.82) is 0 Å². The van der Waals surface area contributed by atoms with Crippen LogP contribution in [-0.4, -0.2) is 23.3 Å². The van der Waals surface area contributed by atoms with Crippen molar-refractivity contribution in [2.24, 2.45) is 23.7 Å². The first-order valence-electron chi connectivity index (χ1n) is 6.88. The molecule has 0 aromatic carbocycles. The fraction of sp³-hybridized carbons (Fsp3) is 0.929. The highest BCUT2D eigenvalue weighted by Gasteiger charge is 2.57. The minimum atomic E-state index is -0.802. The first-order valence-corrected chi connectivity index (χ1v) is 6.88. The summed E-state index contributed by atoms with van der Waals surface area (Å²) in [7, 11) is 0. The highest BCUT2D eigenvalue weighted by atomic mass is 16.5. The molecule has 3 nitrogen and oxygen atoms in total. The Morgan fingerprint density at radius 1 is 1.47 bits per heavy atom. The van der Waals surface area contributed by atoms with Crippen molar-refractivity contribution in [2.75, 3.05) is 6.61 Å². The minimum absolute atomic E-state index is 0.137. The van der Waals surface area contributed by atoms with Gasteiger partial charge in [-0.15, -0.1) is 0 Å². The molecule has 2 bridgehead atoms. The summed E-state index contributed by atoms with van der Waals surface area (Å²) >= 11 is 0. The van der Waals surface area contributed by atoms with Crippen molar-refractivity contribution >= 4 is 5.97 Å². The number of aliphatic hydroxyl groups is 1. The second kappa shape index (κ2) is 4.60. The zero-order valence-corrected chi connectivity index (χ0v) is 11.1. The Hall–Kier alpha value is -0.570. The van der Waals surface area contributed by atoms with Gasteiger partial charge in [-0.25, -0.2) is 0 Å². The molecule has 98 valence electrons. The second-order valence-electron chi connectivity index (χ2n) is 6.05. The first-order chi connectivity index (χ1) is 7.99. The minimum Gasteiger partial charge on any atom is -0.466 e. The maximum atomic E-state index is 12.1. The molecule has 0 aromatic rings. The van der Waals surface area contributed by atoms with Crippen molar-refractivity contribution in [3.8, 4) is 0 Å². The van der Waals surface area contributed by atoms with Crippen LogP contribution >= 0.6 is 0 Å². The summed E-state index contributed by atoms with van der Waals surface area (Å²) in [6.45, 7) is 6.23. The van der Waals surface area contributed by atoms with E-state index in [2.05, 4.69) is 0 Å². The number of rotatable bonds is 4. The molecule has 2 aliphatic rings. The molecule has 2 fully saturated rings. The lowest BCUT2D eigenvalue weighted by molar-refractivity contribution is -0.167. The van der Waals surface area contributed by atoms with Crippen LogP contribution in [-0.2, 0) is 9.53 Å². The molecule has 2 saturated carbocycles. The molecule has 4 atom stereocenters. The van der Waals surface area contributed by atoms with Gasteiger partial charge in [0.1, 0.15) is 0 Å². The Kier molecular flexibility index (Phi) is 3.48. The van der Waals surface area contributed by atoms with Gasteiger partial charge in [-0.2, -0.15) is 0 Å². The number of hydrogen-bond acceptors (Lipinski definition) is 3. The molecule has 0 radical (unpaired) electrons. The highest BCUT2D eigenvalue weighted by molar-refractivity contribution is 5.74. The van der Waals surface area contributed by atoms with Gasteiger partial charge in [0.15, 0.2) is 0 Å². The summed E-state index contributed by atoms with van der Waals surface area (Å²) in [6, 6.07) is 0. The van der Waals surface area contributed by atoms with Gasteiger partial charge < -0.3 is 9.84 Å². The summed E-state index contributed by atoms with van der Waals surface area (Å²) < 4.78 is 5.15. The lowest BCUT2D eigenvalue weighted by Crippen LogP contribution is -2.49. The lowest BCUT2D eigenvalue weighted by atomic mass is 9.70. The Bertz CT molecular complexity index is 300. The smallest absolute Gasteiger partial charge is 0.312 e. The van der Waals surface area contributed by atoms with Crippen LogP contribution < -0.4 is 0 Å². The second-order valence-corrected chi connectivity index (χ2v) is 6.05. The standard InChI is InChI=1S/C14H24O3/c1-4-17-13(15)12(9(2)3)14(16)8-10-5-6-11(14)7-10/h9-12,16H,4-8H2,1-3H3. The topological polar surface area (TPSA) is 46.5 Å². The van der Waals surface area contributed by atoms with Crippen LogP contribution in [0, 0.1) is 23.7 Å². The average Bonchev–Trinajstić information content (AvgIpc) is 2.76. The molecule has 17 heavy (non-hydrogen) atoms. The van der Waals surface area contributed by atoms with Gasteiger partial charge in [-0.1, -0.05) is 13.8 Å². The SMILES string of the molecule is CCOC(=O)C(C(C)C)C1(O)CC2CCC1C2. The van der Waals surface area contributed by atoms with Crippen molar-refractivity contribution in [3.63, 3.8) is 0 Å². The van der Waals surface area contributed by atoms with Gasteiger partial charge in [0.05, 0.1) is 18.1 Å². The van der Waals surface area contributed by atoms with E-state index in [9.17, 15) is 9.90 Å². The molecule has 0 aliphatic heterocycles. The van der Waals surface area contributed by atoms with Crippen LogP contribution in [0.4, 0.5) is 0 Å². The number of esters is 1. The quantitative estimate of drug-likeness (QED) is 0.767. The number of fused-ring (bicyclic) bond motifs is 2. The molecule has 0 saturated heterocycles. The van der Waals surface area contributed by atoms with Crippen LogP contribution in [0.2, 0.25) is 0 Å². The van der Waals surface area contributed by atoms with Crippen molar-refractivity contribution in [3.05, 3.63) is 0 Å². The number of carbonyl (C=O) groups excluding carboxylic acids is 1. The molecule has 0 spiro atoms. The molecule has 3 heteroatoms. The van der Waals surface area contributed by atoms with E-state index < -0.39 is 5.60 Å². The summed E-state index contributed by atoms with van der Waals surface area (Å²) in [5, 5.41) is 10.9. The maximum absolute atomic E-state index is 12.1. The molecule has 0 amide bonds. The van der Waals surface area contributed by atoms with Crippen LogP contribution in [0.1, 0.15) is 46.5 Å². The summed E-state index contributed by atoms with van der Waals surface area (Å²) in [4.78, 5) is 12.1. The third-order valence-electron chi connectivity index (χ3n) is 4.61. The predicted octanol–water partition coefficient (Wildman–Crippen LogP) is 2.37. The van der Waals surface area contributed by atoms with Crippen LogP contribution in [0.15, 0.2) is 0 Å². The van der Waals surface area contributed by atoms with Gasteiger partial charge in [-0.05, 0) is 50.4 Å². The van der Waals surface area contributed by atoms with Crippen LogP contribution in [0.5, 0.6) is 0 Å². The molecule has 2 aliphatic carbocycles. The molecule has 2 rings (SSSR count). The molecular weight excluding hydrogens is 216 g/mol. The van der Waals surface area contributed by atoms with Gasteiger partial charge >= 0.3 is 5.97 Å². The molecular formula is C14H24O3. The Morgan fingerprint density at radius 2 is 2.18 bits per heavy atom. The van der Waals surface area contributed by atoms with Gasteiger partial charge in [-0.3, -0.25) is 4.79 Å². The fourth-order valence-corrected chi connectivity index (χ4v) is 4.01. The number of carbonyl (C=O) groups is 1. The summed E-state index contributed by atoms with van der Waals surface area (Å²) in [5.74, 6) is 0.513. The van der Waals surface area contributed by atoms with Crippen molar-refractivity contribution in [2.45, 2.75) is 52.1 Å². The van der Waals surface area contributed by atoms with Crippen LogP contribution in [0.25, 0.3) is 0 Å². The Morgan fingerprint density at radius 3 is 2.59 bits per heavy atom. The van der Waals surface area contributed by atoms with Crippen molar-refractivity contribution in [1.82, 2.24) is 0 Å². The molecule has 4 unspecified atom stereocenters.